The molecule has 34 heavy (non-hydrogen) atoms. The molecule has 2 N–H and O–H groups in total. The summed E-state index contributed by atoms with van der Waals surface area (Å²) in [6.45, 7) is 10.2. The van der Waals surface area contributed by atoms with Crippen LogP contribution in [0.4, 0.5) is 21.0 Å². The van der Waals surface area contributed by atoms with E-state index in [9.17, 15) is 19.7 Å². The van der Waals surface area contributed by atoms with Gasteiger partial charge < -0.3 is 15.2 Å². The molecule has 10 heteroatoms. The molecule has 2 rings (SSSR count). The molecule has 0 aromatic heterocycles. The van der Waals surface area contributed by atoms with Gasteiger partial charge in [0, 0.05) is 17.8 Å². The topological polar surface area (TPSA) is 128 Å². The molecular formula is C24H32N4O6. The minimum Gasteiger partial charge on any atom is -0.442 e. The summed E-state index contributed by atoms with van der Waals surface area (Å²) in [5.41, 5.74) is 5.87. The summed E-state index contributed by atoms with van der Waals surface area (Å²) in [5.74, 6) is 0. The molecule has 0 atom stereocenters. The summed E-state index contributed by atoms with van der Waals surface area (Å²) in [6, 6.07) is 12.6. The summed E-state index contributed by atoms with van der Waals surface area (Å²) in [6.07, 6.45) is -1.52. The van der Waals surface area contributed by atoms with Crippen LogP contribution in [-0.4, -0.2) is 38.3 Å². The van der Waals surface area contributed by atoms with E-state index in [0.717, 1.165) is 10.0 Å². The van der Waals surface area contributed by atoms with Crippen molar-refractivity contribution < 1.29 is 24.0 Å². The maximum absolute atomic E-state index is 13.2. The average Bonchev–Trinajstić information content (AvgIpc) is 2.69. The number of hydrogen-bond donors (Lipinski definition) is 1. The van der Waals surface area contributed by atoms with E-state index in [4.69, 9.17) is 15.2 Å². The molecule has 0 bridgehead atoms. The lowest BCUT2D eigenvalue weighted by Crippen LogP contribution is -2.51. The Balaban J connectivity index is 2.48. The van der Waals surface area contributed by atoms with Gasteiger partial charge in [0.25, 0.3) is 5.69 Å². The van der Waals surface area contributed by atoms with Crippen molar-refractivity contribution in [2.24, 2.45) is 0 Å². The van der Waals surface area contributed by atoms with Crippen molar-refractivity contribution in [3.05, 3.63) is 69.8 Å². The van der Waals surface area contributed by atoms with Crippen LogP contribution in [0, 0.1) is 10.1 Å². The van der Waals surface area contributed by atoms with Gasteiger partial charge in [-0.25, -0.2) is 19.6 Å². The number of ether oxygens (including phenoxy) is 2. The van der Waals surface area contributed by atoms with Crippen molar-refractivity contribution in [2.75, 3.05) is 5.73 Å². The monoisotopic (exact) mass is 472 g/mol. The number of hydrogen-bond acceptors (Lipinski definition) is 7. The van der Waals surface area contributed by atoms with Gasteiger partial charge in [-0.15, -0.1) is 0 Å². The number of anilines is 1. The van der Waals surface area contributed by atoms with Gasteiger partial charge in [-0.2, -0.15) is 0 Å². The molecule has 0 unspecified atom stereocenters. The Kier molecular flexibility index (Phi) is 8.09. The van der Waals surface area contributed by atoms with E-state index >= 15 is 0 Å². The lowest BCUT2D eigenvalue weighted by atomic mass is 10.2. The third-order valence-electron chi connectivity index (χ3n) is 4.29. The molecular weight excluding hydrogens is 440 g/mol. The zero-order valence-corrected chi connectivity index (χ0v) is 20.4. The molecule has 0 aliphatic heterocycles. The lowest BCUT2D eigenvalue weighted by Gasteiger charge is -2.36. The van der Waals surface area contributed by atoms with Crippen LogP contribution in [0.2, 0.25) is 0 Å². The Labute approximate surface area is 199 Å². The Morgan fingerprint density at radius 3 is 1.47 bits per heavy atom. The highest BCUT2D eigenvalue weighted by atomic mass is 16.6. The standard InChI is InChI=1S/C24H32N4O6/c1-23(2,3)33-21(29)26(15-17-7-11-19(25)12-8-17)27(22(30)34-24(4,5)6)16-18-9-13-20(14-10-18)28(31)32/h7-14H,15-16,25H2,1-6H3. The quantitative estimate of drug-likeness (QED) is 0.357. The summed E-state index contributed by atoms with van der Waals surface area (Å²) in [4.78, 5) is 36.9. The Morgan fingerprint density at radius 1 is 0.794 bits per heavy atom. The minimum absolute atomic E-state index is 0.00141. The third-order valence-corrected chi connectivity index (χ3v) is 4.29. The molecule has 0 fully saturated rings. The van der Waals surface area contributed by atoms with Gasteiger partial charge in [-0.3, -0.25) is 10.1 Å². The molecule has 10 nitrogen and oxygen atoms in total. The number of non-ortho nitro benzene ring substituents is 1. The molecule has 0 saturated heterocycles. The first kappa shape index (κ1) is 26.4. The number of hydrazine groups is 1. The van der Waals surface area contributed by atoms with E-state index in [1.807, 2.05) is 0 Å². The van der Waals surface area contributed by atoms with Crippen molar-refractivity contribution in [1.82, 2.24) is 10.0 Å². The van der Waals surface area contributed by atoms with Crippen LogP contribution in [0.25, 0.3) is 0 Å². The zero-order valence-electron chi connectivity index (χ0n) is 20.4. The molecule has 0 saturated carbocycles. The number of nitrogen functional groups attached to an aromatic ring is 1. The predicted molar refractivity (Wildman–Crippen MR) is 128 cm³/mol. The second-order valence-corrected chi connectivity index (χ2v) is 9.74. The fourth-order valence-electron chi connectivity index (χ4n) is 2.82. The number of rotatable bonds is 5. The second-order valence-electron chi connectivity index (χ2n) is 9.74. The van der Waals surface area contributed by atoms with Crippen LogP contribution in [0.15, 0.2) is 48.5 Å². The zero-order chi connectivity index (χ0) is 25.7. The Morgan fingerprint density at radius 2 is 1.15 bits per heavy atom. The first-order chi connectivity index (χ1) is 15.6. The number of nitro benzene ring substituents is 1. The van der Waals surface area contributed by atoms with Crippen molar-refractivity contribution in [1.29, 1.82) is 0 Å². The van der Waals surface area contributed by atoms with Gasteiger partial charge in [-0.1, -0.05) is 24.3 Å². The summed E-state index contributed by atoms with van der Waals surface area (Å²) < 4.78 is 11.1. The molecule has 0 aliphatic rings. The normalized spacial score (nSPS) is 11.5. The van der Waals surface area contributed by atoms with Gasteiger partial charge in [0.15, 0.2) is 0 Å². The second kappa shape index (κ2) is 10.4. The first-order valence-corrected chi connectivity index (χ1v) is 10.7. The Hall–Kier alpha value is -3.82. The average molecular weight is 473 g/mol. The smallest absolute Gasteiger partial charge is 0.429 e. The van der Waals surface area contributed by atoms with E-state index < -0.39 is 28.3 Å². The van der Waals surface area contributed by atoms with E-state index in [0.29, 0.717) is 16.8 Å². The lowest BCUT2D eigenvalue weighted by molar-refractivity contribution is -0.384. The summed E-state index contributed by atoms with van der Waals surface area (Å²) in [5, 5.41) is 13.3. The van der Waals surface area contributed by atoms with Gasteiger partial charge in [-0.05, 0) is 64.8 Å². The predicted octanol–water partition coefficient (Wildman–Crippen LogP) is 5.27. The molecule has 2 amide bonds. The number of carbonyl (C=O) groups is 2. The number of carbonyl (C=O) groups excluding carboxylic acids is 2. The van der Waals surface area contributed by atoms with Crippen LogP contribution >= 0.6 is 0 Å². The van der Waals surface area contributed by atoms with Crippen molar-refractivity contribution in [3.8, 4) is 0 Å². The summed E-state index contributed by atoms with van der Waals surface area (Å²) in [7, 11) is 0. The highest BCUT2D eigenvalue weighted by Gasteiger charge is 2.33. The fourth-order valence-corrected chi connectivity index (χ4v) is 2.82. The number of amides is 2. The number of nitro groups is 1. The number of nitrogens with two attached hydrogens (primary N) is 1. The van der Waals surface area contributed by atoms with Crippen LogP contribution in [0.5, 0.6) is 0 Å². The fraction of sp³-hybridized carbons (Fsp3) is 0.417. The first-order valence-electron chi connectivity index (χ1n) is 10.7. The van der Waals surface area contributed by atoms with Crippen LogP contribution in [-0.2, 0) is 22.6 Å². The maximum atomic E-state index is 13.2. The SMILES string of the molecule is CC(C)(C)OC(=O)N(Cc1ccc(N)cc1)N(Cc1ccc([N+](=O)[O-])cc1)C(=O)OC(C)(C)C. The molecule has 0 spiro atoms. The molecule has 0 aliphatic carbocycles. The summed E-state index contributed by atoms with van der Waals surface area (Å²) >= 11 is 0. The van der Waals surface area contributed by atoms with Crippen LogP contribution < -0.4 is 5.73 Å². The van der Waals surface area contributed by atoms with Crippen molar-refractivity contribution in [3.63, 3.8) is 0 Å². The van der Waals surface area contributed by atoms with E-state index in [1.165, 1.54) is 24.3 Å². The van der Waals surface area contributed by atoms with Crippen molar-refractivity contribution >= 4 is 23.6 Å². The maximum Gasteiger partial charge on any atom is 0.429 e. The molecule has 184 valence electrons. The molecule has 2 aromatic rings. The van der Waals surface area contributed by atoms with Gasteiger partial charge in [0.05, 0.1) is 18.0 Å². The van der Waals surface area contributed by atoms with Gasteiger partial charge in [0.1, 0.15) is 11.2 Å². The van der Waals surface area contributed by atoms with Crippen LogP contribution in [0.3, 0.4) is 0 Å². The number of benzene rings is 2. The van der Waals surface area contributed by atoms with Gasteiger partial charge in [0.2, 0.25) is 0 Å². The minimum atomic E-state index is -0.828. The van der Waals surface area contributed by atoms with E-state index in [2.05, 4.69) is 0 Å². The largest absolute Gasteiger partial charge is 0.442 e. The molecule has 2 aromatic carbocycles. The van der Waals surface area contributed by atoms with E-state index in [1.54, 1.807) is 65.8 Å². The van der Waals surface area contributed by atoms with E-state index in [-0.39, 0.29) is 18.8 Å². The number of nitrogens with zero attached hydrogens (tertiary/aromatic N) is 3. The van der Waals surface area contributed by atoms with Gasteiger partial charge >= 0.3 is 12.2 Å². The Bertz CT molecular complexity index is 1010. The molecule has 0 heterocycles. The molecule has 0 radical (unpaired) electrons. The van der Waals surface area contributed by atoms with Crippen molar-refractivity contribution in [2.45, 2.75) is 65.8 Å². The van der Waals surface area contributed by atoms with Crippen LogP contribution in [0.1, 0.15) is 52.7 Å². The highest BCUT2D eigenvalue weighted by Crippen LogP contribution is 2.22. The third kappa shape index (κ3) is 8.27. The highest BCUT2D eigenvalue weighted by molar-refractivity contribution is 5.74.